The van der Waals surface area contributed by atoms with Gasteiger partial charge in [0.1, 0.15) is 16.5 Å². The summed E-state index contributed by atoms with van der Waals surface area (Å²) in [6.07, 6.45) is 0.363. The van der Waals surface area contributed by atoms with Crippen molar-refractivity contribution in [1.29, 1.82) is 0 Å². The zero-order valence-corrected chi connectivity index (χ0v) is 9.20. The van der Waals surface area contributed by atoms with Crippen molar-refractivity contribution < 1.29 is 18.7 Å². The summed E-state index contributed by atoms with van der Waals surface area (Å²) < 4.78 is 27.0. The summed E-state index contributed by atoms with van der Waals surface area (Å²) in [4.78, 5) is 11.0. The maximum Gasteiger partial charge on any atom is 0.346 e. The first-order valence-corrected chi connectivity index (χ1v) is 5.50. The van der Waals surface area contributed by atoms with E-state index in [0.29, 0.717) is 12.0 Å². The molecular formula is C11H8F2O2S. The Labute approximate surface area is 94.1 Å². The lowest BCUT2D eigenvalue weighted by Gasteiger charge is -1.98. The highest BCUT2D eigenvalue weighted by Gasteiger charge is 2.20. The molecular weight excluding hydrogens is 234 g/mol. The highest BCUT2D eigenvalue weighted by molar-refractivity contribution is 7.21. The minimum Gasteiger partial charge on any atom is -0.477 e. The maximum atomic E-state index is 13.5. The van der Waals surface area contributed by atoms with E-state index in [0.717, 1.165) is 23.5 Å². The number of thiophene rings is 1. The minimum absolute atomic E-state index is 0.0153. The quantitative estimate of drug-likeness (QED) is 0.875. The number of hydrogen-bond acceptors (Lipinski definition) is 2. The van der Waals surface area contributed by atoms with Crippen LogP contribution in [0.4, 0.5) is 8.78 Å². The number of hydrogen-bond donors (Lipinski definition) is 1. The molecule has 2 rings (SSSR count). The van der Waals surface area contributed by atoms with Crippen molar-refractivity contribution in [1.82, 2.24) is 0 Å². The number of aryl methyl sites for hydroxylation is 1. The Bertz CT molecular complexity index is 575. The average molecular weight is 242 g/mol. The zero-order chi connectivity index (χ0) is 11.9. The summed E-state index contributed by atoms with van der Waals surface area (Å²) in [5, 5.41) is 9.05. The molecule has 0 bridgehead atoms. The SMILES string of the molecule is CCc1c(C(=O)O)sc2c(F)ccc(F)c12. The third-order valence-corrected chi connectivity index (χ3v) is 3.61. The van der Waals surface area contributed by atoms with Gasteiger partial charge in [-0.1, -0.05) is 6.92 Å². The van der Waals surface area contributed by atoms with Gasteiger partial charge in [0.05, 0.1) is 4.70 Å². The van der Waals surface area contributed by atoms with Crippen molar-refractivity contribution in [3.05, 3.63) is 34.2 Å². The Balaban J connectivity index is 2.92. The van der Waals surface area contributed by atoms with Crippen molar-refractivity contribution in [3.63, 3.8) is 0 Å². The van der Waals surface area contributed by atoms with E-state index < -0.39 is 17.6 Å². The molecule has 0 saturated carbocycles. The first-order chi connectivity index (χ1) is 7.56. The number of benzene rings is 1. The summed E-state index contributed by atoms with van der Waals surface area (Å²) in [5.41, 5.74) is 0.365. The van der Waals surface area contributed by atoms with E-state index in [1.165, 1.54) is 0 Å². The fourth-order valence-electron chi connectivity index (χ4n) is 1.70. The van der Waals surface area contributed by atoms with Crippen LogP contribution in [0, 0.1) is 11.6 Å². The number of carboxylic acids is 1. The Hall–Kier alpha value is -1.49. The Morgan fingerprint density at radius 2 is 2.00 bits per heavy atom. The summed E-state index contributed by atoms with van der Waals surface area (Å²) in [7, 11) is 0. The minimum atomic E-state index is -1.14. The fourth-order valence-corrected chi connectivity index (χ4v) is 2.85. The first-order valence-electron chi connectivity index (χ1n) is 4.69. The van der Waals surface area contributed by atoms with E-state index in [9.17, 15) is 13.6 Å². The van der Waals surface area contributed by atoms with Crippen LogP contribution in [0.25, 0.3) is 10.1 Å². The molecule has 0 aliphatic carbocycles. The number of aromatic carboxylic acids is 1. The summed E-state index contributed by atoms with van der Waals surface area (Å²) >= 11 is 0.783. The average Bonchev–Trinajstić information content (AvgIpc) is 2.64. The second-order valence-electron chi connectivity index (χ2n) is 3.30. The van der Waals surface area contributed by atoms with Gasteiger partial charge in [-0.25, -0.2) is 13.6 Å². The third kappa shape index (κ3) is 1.48. The first kappa shape index (κ1) is 11.0. The Morgan fingerprint density at radius 1 is 1.38 bits per heavy atom. The molecule has 0 saturated heterocycles. The lowest BCUT2D eigenvalue weighted by molar-refractivity contribution is 0.0701. The highest BCUT2D eigenvalue weighted by Crippen LogP contribution is 2.35. The second kappa shape index (κ2) is 3.83. The summed E-state index contributed by atoms with van der Waals surface area (Å²) in [6.45, 7) is 1.72. The molecule has 0 aliphatic rings. The third-order valence-electron chi connectivity index (χ3n) is 2.39. The lowest BCUT2D eigenvalue weighted by atomic mass is 10.1. The normalized spacial score (nSPS) is 10.9. The Morgan fingerprint density at radius 3 is 2.56 bits per heavy atom. The number of halogens is 2. The van der Waals surface area contributed by atoms with Gasteiger partial charge in [-0.15, -0.1) is 11.3 Å². The molecule has 16 heavy (non-hydrogen) atoms. The van der Waals surface area contributed by atoms with Crippen LogP contribution >= 0.6 is 11.3 Å². The molecule has 0 unspecified atom stereocenters. The van der Waals surface area contributed by atoms with Gasteiger partial charge in [0, 0.05) is 5.39 Å². The summed E-state index contributed by atoms with van der Waals surface area (Å²) in [5.74, 6) is -2.29. The van der Waals surface area contributed by atoms with Gasteiger partial charge in [-0.05, 0) is 24.1 Å². The lowest BCUT2D eigenvalue weighted by Crippen LogP contribution is -1.96. The molecule has 1 N–H and O–H groups in total. The molecule has 2 nitrogen and oxygen atoms in total. The summed E-state index contributed by atoms with van der Waals surface area (Å²) in [6, 6.07) is 2.04. The molecule has 1 heterocycles. The van der Waals surface area contributed by atoms with Gasteiger partial charge in [0.2, 0.25) is 0 Å². The van der Waals surface area contributed by atoms with Crippen LogP contribution in [-0.4, -0.2) is 11.1 Å². The van der Waals surface area contributed by atoms with Crippen molar-refractivity contribution in [2.75, 3.05) is 0 Å². The van der Waals surface area contributed by atoms with Crippen LogP contribution in [0.1, 0.15) is 22.2 Å². The van der Waals surface area contributed by atoms with Crippen LogP contribution < -0.4 is 0 Å². The number of rotatable bonds is 2. The van der Waals surface area contributed by atoms with Gasteiger partial charge in [0.25, 0.3) is 0 Å². The molecule has 2 aromatic rings. The smallest absolute Gasteiger partial charge is 0.346 e. The number of carboxylic acid groups (broad SMARTS) is 1. The molecule has 84 valence electrons. The topological polar surface area (TPSA) is 37.3 Å². The van der Waals surface area contributed by atoms with Crippen LogP contribution in [0.5, 0.6) is 0 Å². The van der Waals surface area contributed by atoms with Crippen LogP contribution in [0.15, 0.2) is 12.1 Å². The molecule has 0 aliphatic heterocycles. The largest absolute Gasteiger partial charge is 0.477 e. The van der Waals surface area contributed by atoms with Crippen molar-refractivity contribution >= 4 is 27.4 Å². The van der Waals surface area contributed by atoms with Crippen molar-refractivity contribution in [2.45, 2.75) is 13.3 Å². The van der Waals surface area contributed by atoms with Crippen molar-refractivity contribution in [2.24, 2.45) is 0 Å². The predicted molar refractivity (Wildman–Crippen MR) is 58.1 cm³/mol. The van der Waals surface area contributed by atoms with Gasteiger partial charge in [0.15, 0.2) is 0 Å². The molecule has 0 spiro atoms. The number of fused-ring (bicyclic) bond motifs is 1. The van der Waals surface area contributed by atoms with Crippen LogP contribution in [-0.2, 0) is 6.42 Å². The van der Waals surface area contributed by atoms with E-state index in [2.05, 4.69) is 0 Å². The van der Waals surface area contributed by atoms with Gasteiger partial charge >= 0.3 is 5.97 Å². The van der Waals surface area contributed by atoms with Gasteiger partial charge < -0.3 is 5.11 Å². The van der Waals surface area contributed by atoms with Crippen LogP contribution in [0.3, 0.4) is 0 Å². The van der Waals surface area contributed by atoms with Crippen molar-refractivity contribution in [3.8, 4) is 0 Å². The predicted octanol–water partition coefficient (Wildman–Crippen LogP) is 3.44. The Kier molecular flexibility index (Phi) is 2.63. The van der Waals surface area contributed by atoms with E-state index >= 15 is 0 Å². The second-order valence-corrected chi connectivity index (χ2v) is 4.32. The number of carbonyl (C=O) groups is 1. The molecule has 0 atom stereocenters. The van der Waals surface area contributed by atoms with E-state index in [1.807, 2.05) is 0 Å². The molecule has 5 heteroatoms. The monoisotopic (exact) mass is 242 g/mol. The van der Waals surface area contributed by atoms with E-state index in [-0.39, 0.29) is 15.0 Å². The maximum absolute atomic E-state index is 13.5. The highest BCUT2D eigenvalue weighted by atomic mass is 32.1. The van der Waals surface area contributed by atoms with E-state index in [1.54, 1.807) is 6.92 Å². The van der Waals surface area contributed by atoms with Crippen LogP contribution in [0.2, 0.25) is 0 Å². The standard InChI is InChI=1S/C11H8F2O2S/c1-2-5-8-6(12)3-4-7(13)10(8)16-9(5)11(14)15/h3-4H,2H2,1H3,(H,14,15). The van der Waals surface area contributed by atoms with Gasteiger partial charge in [-0.3, -0.25) is 0 Å². The molecule has 1 aromatic heterocycles. The molecule has 0 fully saturated rings. The van der Waals surface area contributed by atoms with Gasteiger partial charge in [-0.2, -0.15) is 0 Å². The molecule has 0 radical (unpaired) electrons. The fraction of sp³-hybridized carbons (Fsp3) is 0.182. The zero-order valence-electron chi connectivity index (χ0n) is 8.38. The molecule has 1 aromatic carbocycles. The van der Waals surface area contributed by atoms with E-state index in [4.69, 9.17) is 5.11 Å². The molecule has 0 amide bonds.